The second-order valence-corrected chi connectivity index (χ2v) is 3.02. The van der Waals surface area contributed by atoms with Gasteiger partial charge in [0.05, 0.1) is 0 Å². The number of hydrogen-bond acceptors (Lipinski definition) is 6. The lowest BCUT2D eigenvalue weighted by atomic mass is 10.4. The van der Waals surface area contributed by atoms with Crippen LogP contribution in [0.2, 0.25) is 0 Å². The fourth-order valence-electron chi connectivity index (χ4n) is 0.499. The Morgan fingerprint density at radius 1 is 1.26 bits per heavy atom. The second-order valence-electron chi connectivity index (χ2n) is 3.02. The smallest absolute Gasteiger partial charge is 0.335 e. The zero-order valence-electron chi connectivity index (χ0n) is 10.3. The van der Waals surface area contributed by atoms with Gasteiger partial charge in [-0.15, -0.1) is 0 Å². The zero-order chi connectivity index (χ0) is 15.4. The summed E-state index contributed by atoms with van der Waals surface area (Å²) in [4.78, 5) is 42.6. The molecule has 0 spiro atoms. The van der Waals surface area contributed by atoms with Crippen molar-refractivity contribution in [3.8, 4) is 0 Å². The molecule has 104 valence electrons. The van der Waals surface area contributed by atoms with Crippen molar-refractivity contribution in [2.45, 2.75) is 20.1 Å². The molecular weight excluding hydrogens is 258 g/mol. The average Bonchev–Trinajstić information content (AvgIpc) is 2.27. The Hall–Kier alpha value is -2.73. The first-order valence-corrected chi connectivity index (χ1v) is 4.78. The van der Waals surface area contributed by atoms with Crippen molar-refractivity contribution in [2.24, 2.45) is 4.99 Å². The molecule has 0 aromatic carbocycles. The highest BCUT2D eigenvalue weighted by molar-refractivity contribution is 5.89. The minimum atomic E-state index is -1.26. The van der Waals surface area contributed by atoms with Crippen molar-refractivity contribution in [3.05, 3.63) is 24.3 Å². The molecule has 0 heterocycles. The highest BCUT2D eigenvalue weighted by Gasteiger charge is 2.07. The summed E-state index contributed by atoms with van der Waals surface area (Å²) < 4.78 is 4.58. The highest BCUT2D eigenvalue weighted by Crippen LogP contribution is 1.97. The maximum Gasteiger partial charge on any atom is 0.335 e. The van der Waals surface area contributed by atoms with E-state index in [-0.39, 0.29) is 5.57 Å². The molecule has 0 rings (SSSR count). The van der Waals surface area contributed by atoms with E-state index in [9.17, 15) is 19.2 Å². The van der Waals surface area contributed by atoms with E-state index < -0.39 is 24.1 Å². The first-order valence-electron chi connectivity index (χ1n) is 4.78. The van der Waals surface area contributed by atoms with Crippen molar-refractivity contribution < 1.29 is 34.1 Å². The molecule has 0 fully saturated rings. The molecule has 19 heavy (non-hydrogen) atoms. The first-order chi connectivity index (χ1) is 8.70. The molecule has 8 heteroatoms. The fourth-order valence-corrected chi connectivity index (χ4v) is 0.499. The SMILES string of the molecule is C=C(C)C(=O)OC(C)N=C=O.O=C(O)/C=C\C(=O)O. The lowest BCUT2D eigenvalue weighted by Crippen LogP contribution is -2.12. The number of rotatable bonds is 5. The summed E-state index contributed by atoms with van der Waals surface area (Å²) in [6.07, 6.45) is 1.61. The van der Waals surface area contributed by atoms with E-state index in [0.717, 1.165) is 0 Å². The van der Waals surface area contributed by atoms with Crippen LogP contribution in [0.4, 0.5) is 0 Å². The summed E-state index contributed by atoms with van der Waals surface area (Å²) in [6.45, 7) is 6.33. The van der Waals surface area contributed by atoms with E-state index in [2.05, 4.69) is 16.3 Å². The summed E-state index contributed by atoms with van der Waals surface area (Å²) in [5, 5.41) is 15.6. The fraction of sp³-hybridized carbons (Fsp3) is 0.273. The molecular formula is C11H13NO7. The van der Waals surface area contributed by atoms with Gasteiger partial charge in [0.2, 0.25) is 12.3 Å². The van der Waals surface area contributed by atoms with E-state index >= 15 is 0 Å². The molecule has 0 amide bonds. The van der Waals surface area contributed by atoms with Crippen molar-refractivity contribution >= 4 is 24.0 Å². The van der Waals surface area contributed by atoms with Crippen LogP contribution in [-0.4, -0.2) is 40.4 Å². The molecule has 8 nitrogen and oxygen atoms in total. The van der Waals surface area contributed by atoms with Gasteiger partial charge in [-0.25, -0.2) is 19.2 Å². The highest BCUT2D eigenvalue weighted by atomic mass is 16.6. The number of carbonyl (C=O) groups excluding carboxylic acids is 2. The Labute approximate surface area is 108 Å². The quantitative estimate of drug-likeness (QED) is 0.322. The first kappa shape index (κ1) is 18.6. The van der Waals surface area contributed by atoms with Gasteiger partial charge in [0.25, 0.3) is 0 Å². The van der Waals surface area contributed by atoms with E-state index in [1.807, 2.05) is 0 Å². The number of esters is 1. The second kappa shape index (κ2) is 10.4. The molecule has 0 saturated carbocycles. The summed E-state index contributed by atoms with van der Waals surface area (Å²) in [5.74, 6) is -3.07. The topological polar surface area (TPSA) is 130 Å². The number of carbonyl (C=O) groups is 3. The largest absolute Gasteiger partial charge is 0.478 e. The number of hydrogen-bond donors (Lipinski definition) is 2. The van der Waals surface area contributed by atoms with Gasteiger partial charge in [0, 0.05) is 17.7 Å². The van der Waals surface area contributed by atoms with E-state index in [1.54, 1.807) is 0 Å². The van der Waals surface area contributed by atoms with Crippen molar-refractivity contribution in [3.63, 3.8) is 0 Å². The molecule has 1 atom stereocenters. The van der Waals surface area contributed by atoms with E-state index in [4.69, 9.17) is 10.2 Å². The minimum Gasteiger partial charge on any atom is -0.478 e. The Morgan fingerprint density at radius 2 is 1.68 bits per heavy atom. The van der Waals surface area contributed by atoms with Crippen LogP contribution in [0.1, 0.15) is 13.8 Å². The third-order valence-electron chi connectivity index (χ3n) is 1.23. The number of carboxylic acids is 2. The summed E-state index contributed by atoms with van der Waals surface area (Å²) in [5.41, 5.74) is 0.276. The van der Waals surface area contributed by atoms with Gasteiger partial charge in [-0.3, -0.25) is 0 Å². The van der Waals surface area contributed by atoms with Gasteiger partial charge in [-0.1, -0.05) is 6.58 Å². The van der Waals surface area contributed by atoms with Gasteiger partial charge in [-0.2, -0.15) is 4.99 Å². The van der Waals surface area contributed by atoms with Crippen LogP contribution in [-0.2, 0) is 23.9 Å². The molecule has 0 aromatic heterocycles. The average molecular weight is 271 g/mol. The molecule has 0 aliphatic heterocycles. The monoisotopic (exact) mass is 271 g/mol. The lowest BCUT2D eigenvalue weighted by Gasteiger charge is -2.05. The molecule has 1 unspecified atom stereocenters. The van der Waals surface area contributed by atoms with Gasteiger partial charge in [0.1, 0.15) is 0 Å². The molecule has 0 aliphatic carbocycles. The van der Waals surface area contributed by atoms with Gasteiger partial charge < -0.3 is 14.9 Å². The van der Waals surface area contributed by atoms with E-state index in [1.165, 1.54) is 19.9 Å². The van der Waals surface area contributed by atoms with Crippen LogP contribution < -0.4 is 0 Å². The number of isocyanates is 1. The Morgan fingerprint density at radius 3 is 1.95 bits per heavy atom. The van der Waals surface area contributed by atoms with Crippen molar-refractivity contribution in [2.75, 3.05) is 0 Å². The summed E-state index contributed by atoms with van der Waals surface area (Å²) in [7, 11) is 0. The van der Waals surface area contributed by atoms with Crippen LogP contribution in [0, 0.1) is 0 Å². The maximum atomic E-state index is 10.7. The minimum absolute atomic E-state index is 0.276. The predicted octanol–water partition coefficient (Wildman–Crippen LogP) is 0.499. The van der Waals surface area contributed by atoms with Crippen LogP contribution in [0.15, 0.2) is 29.3 Å². The van der Waals surface area contributed by atoms with Crippen LogP contribution in [0.5, 0.6) is 0 Å². The Bertz CT molecular complexity index is 416. The van der Waals surface area contributed by atoms with E-state index in [0.29, 0.717) is 12.2 Å². The molecule has 0 aromatic rings. The third kappa shape index (κ3) is 15.3. The zero-order valence-corrected chi connectivity index (χ0v) is 10.3. The molecule has 0 bridgehead atoms. The lowest BCUT2D eigenvalue weighted by molar-refractivity contribution is -0.143. The van der Waals surface area contributed by atoms with Crippen LogP contribution in [0.25, 0.3) is 0 Å². The number of aliphatic carboxylic acids is 2. The van der Waals surface area contributed by atoms with Gasteiger partial charge >= 0.3 is 17.9 Å². The maximum absolute atomic E-state index is 10.7. The number of carboxylic acid groups (broad SMARTS) is 2. The number of nitrogens with zero attached hydrogens (tertiary/aromatic N) is 1. The molecule has 2 N–H and O–H groups in total. The molecule has 0 saturated heterocycles. The van der Waals surface area contributed by atoms with Crippen LogP contribution >= 0.6 is 0 Å². The normalized spacial score (nSPS) is 10.4. The standard InChI is InChI=1S/C7H9NO3.C4H4O4/c1-5(2)7(10)11-6(3)8-4-9;5-3(6)1-2-4(7)8/h6H,1H2,2-3H3;1-2H,(H,5,6)(H,7,8)/b;2-1-. The summed E-state index contributed by atoms with van der Waals surface area (Å²) in [6, 6.07) is 0. The molecule has 0 aliphatic rings. The summed E-state index contributed by atoms with van der Waals surface area (Å²) >= 11 is 0. The number of ether oxygens (including phenoxy) is 1. The Balaban J connectivity index is 0. The van der Waals surface area contributed by atoms with Crippen molar-refractivity contribution in [1.82, 2.24) is 0 Å². The van der Waals surface area contributed by atoms with Gasteiger partial charge in [-0.05, 0) is 13.8 Å². The number of aliphatic imine (C=N–C) groups is 1. The van der Waals surface area contributed by atoms with Crippen LogP contribution in [0.3, 0.4) is 0 Å². The van der Waals surface area contributed by atoms with Crippen molar-refractivity contribution in [1.29, 1.82) is 0 Å². The van der Waals surface area contributed by atoms with Gasteiger partial charge in [0.15, 0.2) is 0 Å². The third-order valence-corrected chi connectivity index (χ3v) is 1.23. The Kier molecular flexibility index (Phi) is 10.2. The predicted molar refractivity (Wildman–Crippen MR) is 62.9 cm³/mol. The molecule has 0 radical (unpaired) electrons.